The van der Waals surface area contributed by atoms with Crippen LogP contribution in [0.25, 0.3) is 11.0 Å². The number of aryl methyl sites for hydroxylation is 1. The molecule has 5 heteroatoms. The number of furan rings is 2. The highest BCUT2D eigenvalue weighted by Crippen LogP contribution is 2.26. The monoisotopic (exact) mass is 313 g/mol. The number of amides is 1. The summed E-state index contributed by atoms with van der Waals surface area (Å²) in [6.07, 6.45) is 1.60. The second-order valence-corrected chi connectivity index (χ2v) is 5.35. The highest BCUT2D eigenvalue weighted by atomic mass is 16.5. The third kappa shape index (κ3) is 3.14. The number of hydrogen-bond acceptors (Lipinski definition) is 4. The van der Waals surface area contributed by atoms with Crippen LogP contribution >= 0.6 is 0 Å². The molecule has 3 rings (SSSR count). The van der Waals surface area contributed by atoms with Gasteiger partial charge in [0.15, 0.2) is 5.76 Å². The fraction of sp³-hybridized carbons (Fsp3) is 0.278. The predicted molar refractivity (Wildman–Crippen MR) is 86.3 cm³/mol. The van der Waals surface area contributed by atoms with Crippen LogP contribution in [0, 0.1) is 6.92 Å². The van der Waals surface area contributed by atoms with E-state index in [2.05, 4.69) is 0 Å². The largest absolute Gasteiger partial charge is 0.467 e. The number of fused-ring (bicyclic) bond motifs is 1. The van der Waals surface area contributed by atoms with Crippen molar-refractivity contribution in [2.45, 2.75) is 13.5 Å². The van der Waals surface area contributed by atoms with Crippen LogP contribution in [-0.4, -0.2) is 31.1 Å². The second-order valence-electron chi connectivity index (χ2n) is 5.35. The molecule has 0 unspecified atom stereocenters. The van der Waals surface area contributed by atoms with Crippen molar-refractivity contribution in [3.8, 4) is 0 Å². The molecule has 0 N–H and O–H groups in total. The SMILES string of the molecule is COCCN(Cc1ccco1)C(=O)c1oc2ccccc2c1C. The Bertz CT molecular complexity index is 789. The number of methoxy groups -OCH3 is 1. The van der Waals surface area contributed by atoms with E-state index in [-0.39, 0.29) is 5.91 Å². The highest BCUT2D eigenvalue weighted by Gasteiger charge is 2.23. The molecule has 23 heavy (non-hydrogen) atoms. The molecule has 1 aromatic carbocycles. The van der Waals surface area contributed by atoms with Gasteiger partial charge in [0.05, 0.1) is 19.4 Å². The molecule has 0 spiro atoms. The minimum Gasteiger partial charge on any atom is -0.467 e. The number of rotatable bonds is 6. The Hall–Kier alpha value is -2.53. The number of nitrogens with zero attached hydrogens (tertiary/aromatic N) is 1. The van der Waals surface area contributed by atoms with Gasteiger partial charge in [0, 0.05) is 24.6 Å². The van der Waals surface area contributed by atoms with Crippen molar-refractivity contribution >= 4 is 16.9 Å². The minimum atomic E-state index is -0.160. The van der Waals surface area contributed by atoms with Crippen molar-refractivity contribution in [2.24, 2.45) is 0 Å². The van der Waals surface area contributed by atoms with Crippen LogP contribution in [0.5, 0.6) is 0 Å². The summed E-state index contributed by atoms with van der Waals surface area (Å²) in [5, 5.41) is 0.959. The fourth-order valence-corrected chi connectivity index (χ4v) is 2.57. The lowest BCUT2D eigenvalue weighted by Gasteiger charge is -2.20. The standard InChI is InChI=1S/C18H19NO4/c1-13-15-7-3-4-8-16(15)23-17(13)18(20)19(9-11-21-2)12-14-6-5-10-22-14/h3-8,10H,9,11-12H2,1-2H3. The zero-order chi connectivity index (χ0) is 16.2. The van der Waals surface area contributed by atoms with Gasteiger partial charge in [-0.1, -0.05) is 18.2 Å². The predicted octanol–water partition coefficient (Wildman–Crippen LogP) is 3.62. The Morgan fingerprint density at radius 2 is 2.04 bits per heavy atom. The molecule has 0 aliphatic rings. The van der Waals surface area contributed by atoms with Crippen molar-refractivity contribution in [3.63, 3.8) is 0 Å². The molecule has 5 nitrogen and oxygen atoms in total. The van der Waals surface area contributed by atoms with Crippen LogP contribution in [0.1, 0.15) is 21.9 Å². The first-order chi connectivity index (χ1) is 11.2. The van der Waals surface area contributed by atoms with Gasteiger partial charge < -0.3 is 18.5 Å². The van der Waals surface area contributed by atoms with Gasteiger partial charge in [-0.05, 0) is 25.1 Å². The lowest BCUT2D eigenvalue weighted by molar-refractivity contribution is 0.0637. The summed E-state index contributed by atoms with van der Waals surface area (Å²) in [5.74, 6) is 0.934. The Balaban J connectivity index is 1.90. The van der Waals surface area contributed by atoms with E-state index in [1.807, 2.05) is 37.3 Å². The summed E-state index contributed by atoms with van der Waals surface area (Å²) < 4.78 is 16.2. The van der Waals surface area contributed by atoms with Gasteiger partial charge >= 0.3 is 0 Å². The summed E-state index contributed by atoms with van der Waals surface area (Å²) in [4.78, 5) is 14.6. The maximum absolute atomic E-state index is 12.9. The van der Waals surface area contributed by atoms with E-state index in [1.165, 1.54) is 0 Å². The van der Waals surface area contributed by atoms with Gasteiger partial charge in [0.25, 0.3) is 5.91 Å². The maximum Gasteiger partial charge on any atom is 0.290 e. The average molecular weight is 313 g/mol. The van der Waals surface area contributed by atoms with E-state index in [0.29, 0.717) is 25.5 Å². The van der Waals surface area contributed by atoms with Crippen molar-refractivity contribution in [1.29, 1.82) is 0 Å². The molecule has 0 aliphatic carbocycles. The summed E-state index contributed by atoms with van der Waals surface area (Å²) in [6, 6.07) is 11.3. The molecule has 1 amide bonds. The lowest BCUT2D eigenvalue weighted by Crippen LogP contribution is -2.33. The van der Waals surface area contributed by atoms with Crippen LogP contribution in [0.3, 0.4) is 0 Å². The molecule has 0 radical (unpaired) electrons. The quantitative estimate of drug-likeness (QED) is 0.697. The van der Waals surface area contributed by atoms with Gasteiger partial charge in [0.1, 0.15) is 11.3 Å². The topological polar surface area (TPSA) is 55.8 Å². The molecule has 2 heterocycles. The molecule has 2 aromatic heterocycles. The third-order valence-corrected chi connectivity index (χ3v) is 3.82. The average Bonchev–Trinajstić information content (AvgIpc) is 3.19. The first-order valence-electron chi connectivity index (χ1n) is 7.49. The van der Waals surface area contributed by atoms with E-state index in [4.69, 9.17) is 13.6 Å². The van der Waals surface area contributed by atoms with Crippen LogP contribution in [0.2, 0.25) is 0 Å². The molecule has 0 atom stereocenters. The summed E-state index contributed by atoms with van der Waals surface area (Å²) in [5.41, 5.74) is 1.57. The number of ether oxygens (including phenoxy) is 1. The second kappa shape index (κ2) is 6.71. The molecule has 0 saturated heterocycles. The summed E-state index contributed by atoms with van der Waals surface area (Å²) >= 11 is 0. The molecular formula is C18H19NO4. The highest BCUT2D eigenvalue weighted by molar-refractivity contribution is 5.98. The van der Waals surface area contributed by atoms with Crippen LogP contribution in [0.4, 0.5) is 0 Å². The molecular weight excluding hydrogens is 294 g/mol. The van der Waals surface area contributed by atoms with E-state index in [9.17, 15) is 4.79 Å². The number of carbonyl (C=O) groups excluding carboxylic acids is 1. The Morgan fingerprint density at radius 3 is 2.74 bits per heavy atom. The maximum atomic E-state index is 12.9. The van der Waals surface area contributed by atoms with E-state index < -0.39 is 0 Å². The molecule has 0 aliphatic heterocycles. The van der Waals surface area contributed by atoms with Crippen LogP contribution in [0.15, 0.2) is 51.5 Å². The first kappa shape index (κ1) is 15.4. The Kier molecular flexibility index (Phi) is 4.48. The normalized spacial score (nSPS) is 11.0. The summed E-state index contributed by atoms with van der Waals surface area (Å²) in [6.45, 7) is 3.20. The smallest absolute Gasteiger partial charge is 0.290 e. The van der Waals surface area contributed by atoms with E-state index in [0.717, 1.165) is 22.3 Å². The van der Waals surface area contributed by atoms with Gasteiger partial charge in [0.2, 0.25) is 0 Å². The zero-order valence-corrected chi connectivity index (χ0v) is 13.2. The number of carbonyl (C=O) groups is 1. The van der Waals surface area contributed by atoms with E-state index >= 15 is 0 Å². The Morgan fingerprint density at radius 1 is 1.22 bits per heavy atom. The number of benzene rings is 1. The van der Waals surface area contributed by atoms with Crippen molar-refractivity contribution in [1.82, 2.24) is 4.90 Å². The van der Waals surface area contributed by atoms with Crippen molar-refractivity contribution < 1.29 is 18.4 Å². The molecule has 0 fully saturated rings. The van der Waals surface area contributed by atoms with Crippen molar-refractivity contribution in [3.05, 3.63) is 59.7 Å². The van der Waals surface area contributed by atoms with Crippen LogP contribution < -0.4 is 0 Å². The molecule has 3 aromatic rings. The van der Waals surface area contributed by atoms with Gasteiger partial charge in [-0.25, -0.2) is 0 Å². The third-order valence-electron chi connectivity index (χ3n) is 3.82. The minimum absolute atomic E-state index is 0.160. The van der Waals surface area contributed by atoms with Crippen molar-refractivity contribution in [2.75, 3.05) is 20.3 Å². The van der Waals surface area contributed by atoms with E-state index in [1.54, 1.807) is 24.3 Å². The number of hydrogen-bond donors (Lipinski definition) is 0. The van der Waals surface area contributed by atoms with Crippen LogP contribution in [-0.2, 0) is 11.3 Å². The first-order valence-corrected chi connectivity index (χ1v) is 7.49. The molecule has 0 bridgehead atoms. The molecule has 0 saturated carbocycles. The van der Waals surface area contributed by atoms with Gasteiger partial charge in [-0.3, -0.25) is 4.79 Å². The fourth-order valence-electron chi connectivity index (χ4n) is 2.57. The van der Waals surface area contributed by atoms with Gasteiger partial charge in [-0.15, -0.1) is 0 Å². The Labute approximate surface area is 134 Å². The van der Waals surface area contributed by atoms with Gasteiger partial charge in [-0.2, -0.15) is 0 Å². The zero-order valence-electron chi connectivity index (χ0n) is 13.2. The lowest BCUT2D eigenvalue weighted by atomic mass is 10.1. The number of para-hydroxylation sites is 1. The summed E-state index contributed by atoms with van der Waals surface area (Å²) in [7, 11) is 1.61. The molecule has 120 valence electrons.